The molecule has 0 bridgehead atoms. The molecule has 69 heavy (non-hydrogen) atoms. The predicted molar refractivity (Wildman–Crippen MR) is 234 cm³/mol. The van der Waals surface area contributed by atoms with E-state index in [-0.39, 0.29) is 30.1 Å². The lowest BCUT2D eigenvalue weighted by atomic mass is 9.33. The summed E-state index contributed by atoms with van der Waals surface area (Å²) in [5.74, 6) is -2.84. The number of aliphatic hydroxyl groups is 12. The van der Waals surface area contributed by atoms with Crippen LogP contribution in [-0.4, -0.2) is 202 Å². The number of aliphatic hydroxyl groups excluding tert-OH is 12. The van der Waals surface area contributed by atoms with Gasteiger partial charge < -0.3 is 94.8 Å². The van der Waals surface area contributed by atoms with Crippen molar-refractivity contribution in [3.63, 3.8) is 0 Å². The monoisotopic (exact) mass is 988 g/mol. The van der Waals surface area contributed by atoms with E-state index in [4.69, 9.17) is 28.4 Å². The molecule has 21 nitrogen and oxygen atoms in total. The van der Waals surface area contributed by atoms with Gasteiger partial charge in [0, 0.05) is 0 Å². The summed E-state index contributed by atoms with van der Waals surface area (Å²) >= 11 is 0. The molecule has 8 rings (SSSR count). The molecule has 0 radical (unpaired) electrons. The number of esters is 1. The molecule has 0 amide bonds. The van der Waals surface area contributed by atoms with Gasteiger partial charge in [0.25, 0.3) is 0 Å². The average molecular weight is 989 g/mol. The van der Waals surface area contributed by atoms with E-state index < -0.39 is 169 Å². The van der Waals surface area contributed by atoms with E-state index in [1.165, 1.54) is 0 Å². The lowest BCUT2D eigenvalue weighted by Crippen LogP contribution is -2.69. The van der Waals surface area contributed by atoms with Crippen molar-refractivity contribution in [2.75, 3.05) is 19.8 Å². The number of allylic oxidation sites excluding steroid dienone is 2. The molecule has 25 unspecified atom stereocenters. The first-order valence-electron chi connectivity index (χ1n) is 24.6. The second-order valence-corrected chi connectivity index (χ2v) is 23.4. The largest absolute Gasteiger partial charge is 0.481 e. The number of rotatable bonds is 10. The van der Waals surface area contributed by atoms with Gasteiger partial charge in [-0.3, -0.25) is 9.59 Å². The molecule has 0 aromatic rings. The van der Waals surface area contributed by atoms with Crippen LogP contribution in [0, 0.1) is 50.2 Å². The molecule has 4 saturated carbocycles. The molecular formula is C48H76O21. The molecule has 0 aromatic carbocycles. The molecule has 0 spiro atoms. The van der Waals surface area contributed by atoms with E-state index in [2.05, 4.69) is 40.7 Å². The number of carboxylic acid groups (broad SMARTS) is 1. The Balaban J connectivity index is 1.11. The van der Waals surface area contributed by atoms with Crippen LogP contribution in [0.4, 0.5) is 0 Å². The Morgan fingerprint density at radius 3 is 1.84 bits per heavy atom. The standard InChI is InChI=1S/C48H76O21/c1-43(2)13-14-48(21(15-43)20-7-8-25-44(3)11-10-27(51)47(6,41(61)62)26(44)9-12-45(25,4)46(20,5)16-28(48)52)42(63)69-40-36(60)37(68-39-35(59)33(57)30(54)23(18-50)66-39)31(55)24(67-40)19-64-38-34(58)32(56)29(53)22(17-49)65-38/h7,21-40,49-60H,8-19H2,1-6H3,(H,61,62). The third-order valence-electron chi connectivity index (χ3n) is 19.4. The minimum absolute atomic E-state index is 0.0214. The maximum absolute atomic E-state index is 15.3. The quantitative estimate of drug-likeness (QED) is 0.0846. The van der Waals surface area contributed by atoms with Crippen LogP contribution in [0.2, 0.25) is 0 Å². The maximum Gasteiger partial charge on any atom is 0.317 e. The molecular weight excluding hydrogens is 913 g/mol. The zero-order chi connectivity index (χ0) is 50.7. The molecule has 3 saturated heterocycles. The second-order valence-electron chi connectivity index (χ2n) is 23.4. The van der Waals surface area contributed by atoms with Crippen molar-refractivity contribution in [2.24, 2.45) is 50.2 Å². The minimum Gasteiger partial charge on any atom is -0.481 e. The first-order valence-corrected chi connectivity index (χ1v) is 24.6. The third-order valence-corrected chi connectivity index (χ3v) is 19.4. The van der Waals surface area contributed by atoms with Crippen molar-refractivity contribution in [3.8, 4) is 0 Å². The first-order chi connectivity index (χ1) is 32.2. The Bertz CT molecular complexity index is 1930. The maximum atomic E-state index is 15.3. The van der Waals surface area contributed by atoms with Crippen LogP contribution in [0.1, 0.15) is 99.3 Å². The molecule has 13 N–H and O–H groups in total. The fourth-order valence-corrected chi connectivity index (χ4v) is 14.9. The fraction of sp³-hybridized carbons (Fsp3) is 0.917. The molecule has 3 heterocycles. The highest BCUT2D eigenvalue weighted by Gasteiger charge is 2.73. The number of fused-ring (bicyclic) bond motifs is 7. The number of hydrogen-bond donors (Lipinski definition) is 13. The van der Waals surface area contributed by atoms with Crippen LogP contribution < -0.4 is 0 Å². The summed E-state index contributed by atoms with van der Waals surface area (Å²) in [4.78, 5) is 28.2. The van der Waals surface area contributed by atoms with Gasteiger partial charge in [0.05, 0.1) is 37.4 Å². The third kappa shape index (κ3) is 8.16. The topological polar surface area (TPSA) is 353 Å². The van der Waals surface area contributed by atoms with Gasteiger partial charge in [-0.1, -0.05) is 46.3 Å². The highest BCUT2D eigenvalue weighted by Crippen LogP contribution is 2.76. The van der Waals surface area contributed by atoms with Gasteiger partial charge in [-0.25, -0.2) is 0 Å². The van der Waals surface area contributed by atoms with Crippen molar-refractivity contribution in [1.29, 1.82) is 0 Å². The van der Waals surface area contributed by atoms with E-state index in [0.717, 1.165) is 5.57 Å². The van der Waals surface area contributed by atoms with Crippen LogP contribution in [0.25, 0.3) is 0 Å². The summed E-state index contributed by atoms with van der Waals surface area (Å²) in [6.07, 6.45) is -23.1. The summed E-state index contributed by atoms with van der Waals surface area (Å²) in [6, 6.07) is 0. The van der Waals surface area contributed by atoms with Crippen molar-refractivity contribution >= 4 is 11.9 Å². The van der Waals surface area contributed by atoms with E-state index >= 15 is 4.79 Å². The first kappa shape index (κ1) is 53.3. The minimum atomic E-state index is -2.07. The number of carbonyl (C=O) groups is 2. The summed E-state index contributed by atoms with van der Waals surface area (Å²) in [5.41, 5.74) is -3.86. The Labute approximate surface area is 400 Å². The highest BCUT2D eigenvalue weighted by molar-refractivity contribution is 5.80. The van der Waals surface area contributed by atoms with Crippen LogP contribution in [0.15, 0.2) is 11.6 Å². The summed E-state index contributed by atoms with van der Waals surface area (Å²) < 4.78 is 34.8. The number of carbonyl (C=O) groups excluding carboxylic acids is 1. The van der Waals surface area contributed by atoms with E-state index in [9.17, 15) is 71.2 Å². The number of carboxylic acids is 1. The zero-order valence-electron chi connectivity index (χ0n) is 40.2. The van der Waals surface area contributed by atoms with Gasteiger partial charge in [0.1, 0.15) is 78.7 Å². The number of aliphatic carboxylic acids is 1. The van der Waals surface area contributed by atoms with E-state index in [1.54, 1.807) is 6.92 Å². The number of ether oxygens (including phenoxy) is 6. The van der Waals surface area contributed by atoms with Gasteiger partial charge in [-0.05, 0) is 104 Å². The van der Waals surface area contributed by atoms with Crippen LogP contribution in [0.3, 0.4) is 0 Å². The lowest BCUT2D eigenvalue weighted by Gasteiger charge is -2.71. The summed E-state index contributed by atoms with van der Waals surface area (Å²) in [5, 5.41) is 141. The smallest absolute Gasteiger partial charge is 0.317 e. The molecule has 394 valence electrons. The predicted octanol–water partition coefficient (Wildman–Crippen LogP) is -1.82. The van der Waals surface area contributed by atoms with Crippen molar-refractivity contribution < 1.29 is 104 Å². The molecule has 25 atom stereocenters. The molecule has 0 aromatic heterocycles. The SMILES string of the molecule is CC1(C)CCC2(C(=O)OC3OC(COC4OC(CO)C(O)C(O)C4O)C(O)C(OC4OC(CO)C(O)C(O)C4O)C3O)C(O)CC3(C)C(=CCC4C5(C)CCC(O)C(C)(C(=O)O)C5CCC43C)C2C1. The van der Waals surface area contributed by atoms with Crippen LogP contribution >= 0.6 is 0 Å². The molecule has 21 heteroatoms. The van der Waals surface area contributed by atoms with Crippen molar-refractivity contribution in [1.82, 2.24) is 0 Å². The van der Waals surface area contributed by atoms with Gasteiger partial charge in [0.15, 0.2) is 12.6 Å². The van der Waals surface area contributed by atoms with Gasteiger partial charge in [-0.15, -0.1) is 0 Å². The normalized spacial score (nSPS) is 53.9. The van der Waals surface area contributed by atoms with Gasteiger partial charge >= 0.3 is 11.9 Å². The number of hydrogen-bond acceptors (Lipinski definition) is 20. The van der Waals surface area contributed by atoms with Crippen LogP contribution in [0.5, 0.6) is 0 Å². The van der Waals surface area contributed by atoms with Crippen molar-refractivity contribution in [2.45, 2.75) is 204 Å². The fourth-order valence-electron chi connectivity index (χ4n) is 14.9. The Morgan fingerprint density at radius 1 is 0.638 bits per heavy atom. The Morgan fingerprint density at radius 2 is 1.23 bits per heavy atom. The van der Waals surface area contributed by atoms with E-state index in [0.29, 0.717) is 44.9 Å². The zero-order valence-corrected chi connectivity index (χ0v) is 40.2. The lowest BCUT2D eigenvalue weighted by molar-refractivity contribution is -0.363. The van der Waals surface area contributed by atoms with Gasteiger partial charge in [0.2, 0.25) is 6.29 Å². The van der Waals surface area contributed by atoms with E-state index in [1.807, 2.05) is 0 Å². The Hall–Kier alpha value is -2.00. The molecule has 8 aliphatic rings. The van der Waals surface area contributed by atoms with Crippen LogP contribution in [-0.2, 0) is 38.0 Å². The highest BCUT2D eigenvalue weighted by atomic mass is 16.8. The molecule has 5 aliphatic carbocycles. The average Bonchev–Trinajstić information content (AvgIpc) is 3.29. The van der Waals surface area contributed by atoms with Crippen molar-refractivity contribution in [3.05, 3.63) is 11.6 Å². The Kier molecular flexibility index (Phi) is 14.5. The second kappa shape index (κ2) is 18.7. The molecule has 7 fully saturated rings. The van der Waals surface area contributed by atoms with Gasteiger partial charge in [-0.2, -0.15) is 0 Å². The molecule has 3 aliphatic heterocycles. The summed E-state index contributed by atoms with van der Waals surface area (Å²) in [7, 11) is 0. The summed E-state index contributed by atoms with van der Waals surface area (Å²) in [6.45, 7) is 10.0.